The van der Waals surface area contributed by atoms with Crippen LogP contribution in [-0.4, -0.2) is 26.8 Å². The first-order chi connectivity index (χ1) is 6.76. The van der Waals surface area contributed by atoms with Gasteiger partial charge in [0.25, 0.3) is 0 Å². The molecule has 0 aliphatic carbocycles. The summed E-state index contributed by atoms with van der Waals surface area (Å²) < 4.78 is 24.6. The number of halogens is 3. The van der Waals surface area contributed by atoms with Crippen LogP contribution in [0, 0.1) is 0 Å². The van der Waals surface area contributed by atoms with E-state index >= 15 is 0 Å². The van der Waals surface area contributed by atoms with E-state index in [0.717, 1.165) is 4.31 Å². The number of hydrogen-bond acceptors (Lipinski definition) is 2. The van der Waals surface area contributed by atoms with Gasteiger partial charge in [-0.1, -0.05) is 34.8 Å². The minimum absolute atomic E-state index is 0.0150. The summed E-state index contributed by atoms with van der Waals surface area (Å²) in [6.45, 7) is 0. The Labute approximate surface area is 104 Å². The lowest BCUT2D eigenvalue weighted by Crippen LogP contribution is -2.22. The van der Waals surface area contributed by atoms with Gasteiger partial charge in [-0.3, -0.25) is 0 Å². The summed E-state index contributed by atoms with van der Waals surface area (Å²) in [6, 6.07) is 2.68. The molecule has 0 atom stereocenters. The molecule has 3 nitrogen and oxygen atoms in total. The Morgan fingerprint density at radius 1 is 1.07 bits per heavy atom. The molecule has 1 aromatic rings. The van der Waals surface area contributed by atoms with Gasteiger partial charge in [-0.25, -0.2) is 12.7 Å². The third-order valence-electron chi connectivity index (χ3n) is 1.70. The van der Waals surface area contributed by atoms with Gasteiger partial charge in [-0.2, -0.15) is 0 Å². The highest BCUT2D eigenvalue weighted by Crippen LogP contribution is 2.33. The molecular formula is C8H8Cl3NO2S. The third-order valence-corrected chi connectivity index (χ3v) is 4.66. The molecule has 1 rings (SSSR count). The second-order valence-electron chi connectivity index (χ2n) is 2.99. The van der Waals surface area contributed by atoms with Crippen molar-refractivity contribution in [3.05, 3.63) is 27.2 Å². The standard InChI is InChI=1S/C8H8Cl3NO2S/c1-12(2)15(13,14)8-6(10)3-5(9)4-7(8)11/h3-4H,1-2H3. The molecule has 0 spiro atoms. The second kappa shape index (κ2) is 4.47. The van der Waals surface area contributed by atoms with Crippen LogP contribution in [-0.2, 0) is 10.0 Å². The van der Waals surface area contributed by atoms with Gasteiger partial charge in [0.1, 0.15) is 4.90 Å². The topological polar surface area (TPSA) is 37.4 Å². The molecule has 0 aromatic heterocycles. The van der Waals surface area contributed by atoms with Crippen LogP contribution in [0.3, 0.4) is 0 Å². The molecule has 0 aliphatic rings. The largest absolute Gasteiger partial charge is 0.245 e. The van der Waals surface area contributed by atoms with Gasteiger partial charge < -0.3 is 0 Å². The van der Waals surface area contributed by atoms with E-state index in [1.54, 1.807) is 0 Å². The van der Waals surface area contributed by atoms with E-state index < -0.39 is 10.0 Å². The van der Waals surface area contributed by atoms with Gasteiger partial charge in [0.15, 0.2) is 0 Å². The minimum atomic E-state index is -3.64. The minimum Gasteiger partial charge on any atom is -0.207 e. The predicted octanol–water partition coefficient (Wildman–Crippen LogP) is 2.90. The summed E-state index contributed by atoms with van der Waals surface area (Å²) in [5, 5.41) is 0.324. The molecule has 0 aliphatic heterocycles. The molecule has 0 heterocycles. The lowest BCUT2D eigenvalue weighted by atomic mass is 10.4. The van der Waals surface area contributed by atoms with Crippen molar-refractivity contribution >= 4 is 44.8 Å². The van der Waals surface area contributed by atoms with Gasteiger partial charge >= 0.3 is 0 Å². The first-order valence-electron chi connectivity index (χ1n) is 3.84. The molecule has 0 radical (unpaired) electrons. The van der Waals surface area contributed by atoms with Gasteiger partial charge in [0.05, 0.1) is 10.0 Å². The smallest absolute Gasteiger partial charge is 0.207 e. The Morgan fingerprint density at radius 2 is 1.47 bits per heavy atom. The summed E-state index contributed by atoms with van der Waals surface area (Å²) in [6.07, 6.45) is 0. The molecule has 0 N–H and O–H groups in total. The average molecular weight is 289 g/mol. The zero-order valence-corrected chi connectivity index (χ0v) is 11.0. The van der Waals surface area contributed by atoms with Crippen LogP contribution in [0.5, 0.6) is 0 Å². The van der Waals surface area contributed by atoms with Crippen LogP contribution in [0.1, 0.15) is 0 Å². The van der Waals surface area contributed by atoms with Crippen molar-refractivity contribution in [3.8, 4) is 0 Å². The molecule has 15 heavy (non-hydrogen) atoms. The van der Waals surface area contributed by atoms with Gasteiger partial charge in [-0.05, 0) is 12.1 Å². The first kappa shape index (κ1) is 13.1. The van der Waals surface area contributed by atoms with E-state index in [9.17, 15) is 8.42 Å². The fourth-order valence-corrected chi connectivity index (χ4v) is 3.34. The zero-order valence-electron chi connectivity index (χ0n) is 7.96. The molecule has 7 heteroatoms. The Balaban J connectivity index is 3.52. The molecule has 0 saturated heterocycles. The van der Waals surface area contributed by atoms with E-state index in [2.05, 4.69) is 0 Å². The maximum atomic E-state index is 11.8. The summed E-state index contributed by atoms with van der Waals surface area (Å²) in [7, 11) is -0.845. The summed E-state index contributed by atoms with van der Waals surface area (Å²) in [5.41, 5.74) is 0. The Morgan fingerprint density at radius 3 is 1.80 bits per heavy atom. The highest BCUT2D eigenvalue weighted by Gasteiger charge is 2.24. The summed E-state index contributed by atoms with van der Waals surface area (Å²) >= 11 is 17.3. The molecule has 0 unspecified atom stereocenters. The van der Waals surface area contributed by atoms with Crippen LogP contribution in [0.2, 0.25) is 15.1 Å². The molecule has 0 bridgehead atoms. The zero-order chi connectivity index (χ0) is 11.8. The van der Waals surface area contributed by atoms with Crippen molar-refractivity contribution < 1.29 is 8.42 Å². The number of sulfonamides is 1. The van der Waals surface area contributed by atoms with Crippen molar-refractivity contribution in [1.29, 1.82) is 0 Å². The first-order valence-corrected chi connectivity index (χ1v) is 6.41. The number of hydrogen-bond donors (Lipinski definition) is 0. The fourth-order valence-electron chi connectivity index (χ4n) is 0.958. The molecule has 1 aromatic carbocycles. The van der Waals surface area contributed by atoms with E-state index in [0.29, 0.717) is 5.02 Å². The van der Waals surface area contributed by atoms with Crippen LogP contribution in [0.15, 0.2) is 17.0 Å². The van der Waals surface area contributed by atoms with E-state index in [4.69, 9.17) is 34.8 Å². The van der Waals surface area contributed by atoms with E-state index in [1.165, 1.54) is 26.2 Å². The van der Waals surface area contributed by atoms with Crippen molar-refractivity contribution in [2.45, 2.75) is 4.90 Å². The Hall–Kier alpha value is -0.000000000000000111. The summed E-state index contributed by atoms with van der Waals surface area (Å²) in [4.78, 5) is -0.125. The maximum Gasteiger partial charge on any atom is 0.245 e. The highest BCUT2D eigenvalue weighted by molar-refractivity contribution is 7.89. The predicted molar refractivity (Wildman–Crippen MR) is 62.3 cm³/mol. The van der Waals surface area contributed by atoms with Crippen LogP contribution >= 0.6 is 34.8 Å². The number of rotatable bonds is 2. The van der Waals surface area contributed by atoms with Crippen molar-refractivity contribution in [1.82, 2.24) is 4.31 Å². The second-order valence-corrected chi connectivity index (χ2v) is 6.33. The average Bonchev–Trinajstić information content (AvgIpc) is 2.00. The monoisotopic (exact) mass is 287 g/mol. The third kappa shape index (κ3) is 2.57. The quantitative estimate of drug-likeness (QED) is 0.839. The van der Waals surface area contributed by atoms with Crippen molar-refractivity contribution in [2.24, 2.45) is 0 Å². The maximum absolute atomic E-state index is 11.8. The van der Waals surface area contributed by atoms with Crippen LogP contribution < -0.4 is 0 Å². The Kier molecular flexibility index (Phi) is 3.90. The van der Waals surface area contributed by atoms with Gasteiger partial charge in [-0.15, -0.1) is 0 Å². The van der Waals surface area contributed by atoms with Crippen molar-refractivity contribution in [3.63, 3.8) is 0 Å². The molecule has 0 fully saturated rings. The summed E-state index contributed by atoms with van der Waals surface area (Å²) in [5.74, 6) is 0. The van der Waals surface area contributed by atoms with E-state index in [-0.39, 0.29) is 14.9 Å². The van der Waals surface area contributed by atoms with Crippen LogP contribution in [0.4, 0.5) is 0 Å². The van der Waals surface area contributed by atoms with Crippen molar-refractivity contribution in [2.75, 3.05) is 14.1 Å². The molecule has 0 amide bonds. The number of nitrogens with zero attached hydrogens (tertiary/aromatic N) is 1. The van der Waals surface area contributed by atoms with Crippen LogP contribution in [0.25, 0.3) is 0 Å². The Bertz CT molecular complexity index is 462. The fraction of sp³-hybridized carbons (Fsp3) is 0.250. The van der Waals surface area contributed by atoms with Gasteiger partial charge in [0, 0.05) is 19.1 Å². The lowest BCUT2D eigenvalue weighted by molar-refractivity contribution is 0.521. The SMILES string of the molecule is CN(C)S(=O)(=O)c1c(Cl)cc(Cl)cc1Cl. The van der Waals surface area contributed by atoms with Gasteiger partial charge in [0.2, 0.25) is 10.0 Å². The number of benzene rings is 1. The van der Waals surface area contributed by atoms with E-state index in [1.807, 2.05) is 0 Å². The normalized spacial score (nSPS) is 12.1. The lowest BCUT2D eigenvalue weighted by Gasteiger charge is -2.14. The molecule has 0 saturated carbocycles. The molecular weight excluding hydrogens is 281 g/mol. The highest BCUT2D eigenvalue weighted by atomic mass is 35.5. The molecule has 84 valence electrons.